The molecule has 0 unspecified atom stereocenters. The molecule has 142 valence electrons. The highest BCUT2D eigenvalue weighted by Crippen LogP contribution is 2.54. The summed E-state index contributed by atoms with van der Waals surface area (Å²) in [4.78, 5) is 12.2. The molecule has 1 amide bonds. The molecule has 1 aromatic carbocycles. The summed E-state index contributed by atoms with van der Waals surface area (Å²) in [7, 11) is -3.63. The molecule has 0 saturated heterocycles. The average Bonchev–Trinajstić information content (AvgIpc) is 2.51. The molecular formula is C17H29N2O5P. The second-order valence-corrected chi connectivity index (χ2v) is 8.59. The fourth-order valence-corrected chi connectivity index (χ4v) is 3.96. The smallest absolute Gasteiger partial charge is 0.408 e. The van der Waals surface area contributed by atoms with Crippen LogP contribution in [0.4, 0.5) is 4.79 Å². The number of ether oxygens (including phenoxy) is 1. The Bertz CT molecular complexity index is 578. The molecule has 0 radical (unpaired) electrons. The summed E-state index contributed by atoms with van der Waals surface area (Å²) in [5, 5.41) is 2.69. The van der Waals surface area contributed by atoms with E-state index in [4.69, 9.17) is 19.5 Å². The molecule has 7 nitrogen and oxygen atoms in total. The number of hydrogen-bond acceptors (Lipinski definition) is 6. The molecule has 1 rings (SSSR count). The van der Waals surface area contributed by atoms with Crippen LogP contribution in [0.5, 0.6) is 0 Å². The minimum atomic E-state index is -3.63. The molecule has 0 aliphatic carbocycles. The van der Waals surface area contributed by atoms with E-state index in [1.807, 2.05) is 6.07 Å². The van der Waals surface area contributed by atoms with Gasteiger partial charge in [-0.3, -0.25) is 4.57 Å². The van der Waals surface area contributed by atoms with Crippen molar-refractivity contribution >= 4 is 13.7 Å². The standard InChI is InChI=1S/C17H29N2O5P/c1-6-22-25(21,23-7-2)15(18)14(13-11-9-8-10-12-13)19-16(20)24-17(3,4)5/h8-12,14-15H,6-7,18H2,1-5H3,(H,19,20)/t14-,15+/m0/s1. The Hall–Kier alpha value is -1.40. The molecular weight excluding hydrogens is 343 g/mol. The van der Waals surface area contributed by atoms with Gasteiger partial charge in [0.2, 0.25) is 0 Å². The zero-order valence-corrected chi connectivity index (χ0v) is 16.4. The first-order valence-electron chi connectivity index (χ1n) is 8.31. The number of rotatable bonds is 8. The number of amides is 1. The Labute approximate surface area is 149 Å². The van der Waals surface area contributed by atoms with E-state index in [0.717, 1.165) is 0 Å². The normalized spacial score (nSPS) is 14.6. The minimum absolute atomic E-state index is 0.179. The fourth-order valence-electron chi connectivity index (χ4n) is 2.21. The predicted octanol–water partition coefficient (Wildman–Crippen LogP) is 3.80. The van der Waals surface area contributed by atoms with Crippen molar-refractivity contribution < 1.29 is 23.1 Å². The lowest BCUT2D eigenvalue weighted by atomic mass is 10.1. The maximum Gasteiger partial charge on any atom is 0.408 e. The van der Waals surface area contributed by atoms with Crippen LogP contribution in [0.25, 0.3) is 0 Å². The molecule has 0 bridgehead atoms. The zero-order chi connectivity index (χ0) is 19.1. The number of alkyl carbamates (subject to hydrolysis) is 1. The predicted molar refractivity (Wildman–Crippen MR) is 97.4 cm³/mol. The molecule has 3 N–H and O–H groups in total. The van der Waals surface area contributed by atoms with Crippen molar-refractivity contribution in [3.8, 4) is 0 Å². The number of carbonyl (C=O) groups excluding carboxylic acids is 1. The van der Waals surface area contributed by atoms with Crippen LogP contribution in [0.1, 0.15) is 46.2 Å². The molecule has 2 atom stereocenters. The van der Waals surface area contributed by atoms with E-state index in [0.29, 0.717) is 5.56 Å². The quantitative estimate of drug-likeness (QED) is 0.673. The van der Waals surface area contributed by atoms with E-state index >= 15 is 0 Å². The molecule has 0 aliphatic heterocycles. The monoisotopic (exact) mass is 372 g/mol. The highest BCUT2D eigenvalue weighted by Gasteiger charge is 2.40. The van der Waals surface area contributed by atoms with Crippen molar-refractivity contribution in [3.05, 3.63) is 35.9 Å². The van der Waals surface area contributed by atoms with Crippen molar-refractivity contribution in [3.63, 3.8) is 0 Å². The lowest BCUT2D eigenvalue weighted by Gasteiger charge is -2.31. The first-order valence-corrected chi connectivity index (χ1v) is 9.93. The fraction of sp³-hybridized carbons (Fsp3) is 0.588. The van der Waals surface area contributed by atoms with E-state index in [1.54, 1.807) is 58.9 Å². The van der Waals surface area contributed by atoms with Gasteiger partial charge < -0.3 is 24.8 Å². The molecule has 0 spiro atoms. The summed E-state index contributed by atoms with van der Waals surface area (Å²) >= 11 is 0. The third-order valence-corrected chi connectivity index (χ3v) is 5.42. The van der Waals surface area contributed by atoms with Crippen molar-refractivity contribution in [1.29, 1.82) is 0 Å². The zero-order valence-electron chi connectivity index (χ0n) is 15.5. The van der Waals surface area contributed by atoms with Crippen molar-refractivity contribution in [2.45, 2.75) is 52.0 Å². The molecule has 8 heteroatoms. The average molecular weight is 372 g/mol. The van der Waals surface area contributed by atoms with E-state index in [-0.39, 0.29) is 13.2 Å². The molecule has 0 heterocycles. The topological polar surface area (TPSA) is 99.9 Å². The van der Waals surface area contributed by atoms with Gasteiger partial charge in [0.1, 0.15) is 11.4 Å². The van der Waals surface area contributed by atoms with Crippen molar-refractivity contribution in [1.82, 2.24) is 5.32 Å². The third-order valence-electron chi connectivity index (χ3n) is 3.16. The molecule has 0 fully saturated rings. The van der Waals surface area contributed by atoms with Gasteiger partial charge in [-0.25, -0.2) is 4.79 Å². The van der Waals surface area contributed by atoms with Crippen molar-refractivity contribution in [2.24, 2.45) is 5.73 Å². The van der Waals surface area contributed by atoms with Gasteiger partial charge >= 0.3 is 13.7 Å². The maximum absolute atomic E-state index is 13.0. The van der Waals surface area contributed by atoms with Crippen LogP contribution < -0.4 is 11.1 Å². The second-order valence-electron chi connectivity index (χ2n) is 6.40. The number of hydrogen-bond donors (Lipinski definition) is 2. The van der Waals surface area contributed by atoms with Crippen LogP contribution in [0.2, 0.25) is 0 Å². The summed E-state index contributed by atoms with van der Waals surface area (Å²) in [6.45, 7) is 9.05. The summed E-state index contributed by atoms with van der Waals surface area (Å²) in [6, 6.07) is 8.22. The summed E-state index contributed by atoms with van der Waals surface area (Å²) in [5.41, 5.74) is 6.24. The van der Waals surface area contributed by atoms with Gasteiger partial charge in [0.25, 0.3) is 0 Å². The van der Waals surface area contributed by atoms with Gasteiger partial charge in [-0.15, -0.1) is 0 Å². The van der Waals surface area contributed by atoms with E-state index in [9.17, 15) is 9.36 Å². The lowest BCUT2D eigenvalue weighted by molar-refractivity contribution is 0.0499. The molecule has 1 aromatic rings. The summed E-state index contributed by atoms with van der Waals surface area (Å²) < 4.78 is 29.0. The van der Waals surface area contributed by atoms with Crippen LogP contribution in [0.3, 0.4) is 0 Å². The van der Waals surface area contributed by atoms with Gasteiger partial charge in [0.15, 0.2) is 0 Å². The SMILES string of the molecule is CCOP(=O)(OCC)[C@@H](N)[C@@H](NC(=O)OC(C)(C)C)c1ccccc1. The Morgan fingerprint density at radius 3 is 2.12 bits per heavy atom. The van der Waals surface area contributed by atoms with Crippen molar-refractivity contribution in [2.75, 3.05) is 13.2 Å². The van der Waals surface area contributed by atoms with Gasteiger partial charge in [-0.2, -0.15) is 0 Å². The molecule has 0 aromatic heterocycles. The Balaban J connectivity index is 3.13. The lowest BCUT2D eigenvalue weighted by Crippen LogP contribution is -2.43. The maximum atomic E-state index is 13.0. The van der Waals surface area contributed by atoms with Crippen LogP contribution in [0, 0.1) is 0 Å². The Kier molecular flexibility index (Phi) is 8.09. The number of carbonyl (C=O) groups is 1. The molecule has 25 heavy (non-hydrogen) atoms. The van der Waals surface area contributed by atoms with Gasteiger partial charge in [-0.05, 0) is 40.2 Å². The van der Waals surface area contributed by atoms with Crippen LogP contribution in [0.15, 0.2) is 30.3 Å². The minimum Gasteiger partial charge on any atom is -0.444 e. The number of nitrogens with one attached hydrogen (secondary N) is 1. The Morgan fingerprint density at radius 2 is 1.68 bits per heavy atom. The Morgan fingerprint density at radius 1 is 1.16 bits per heavy atom. The number of benzene rings is 1. The highest BCUT2D eigenvalue weighted by atomic mass is 31.2. The number of nitrogens with two attached hydrogens (primary N) is 1. The van der Waals surface area contributed by atoms with E-state index < -0.39 is 31.1 Å². The third kappa shape index (κ3) is 6.78. The first-order chi connectivity index (χ1) is 11.6. The largest absolute Gasteiger partial charge is 0.444 e. The van der Waals surface area contributed by atoms with Gasteiger partial charge in [0.05, 0.1) is 19.3 Å². The summed E-state index contributed by atoms with van der Waals surface area (Å²) in [6.07, 6.45) is -0.656. The van der Waals surface area contributed by atoms with Crippen LogP contribution in [-0.2, 0) is 18.3 Å². The van der Waals surface area contributed by atoms with Gasteiger partial charge in [-0.1, -0.05) is 30.3 Å². The van der Waals surface area contributed by atoms with Gasteiger partial charge in [0, 0.05) is 0 Å². The van der Waals surface area contributed by atoms with Crippen LogP contribution in [-0.4, -0.2) is 30.7 Å². The second kappa shape index (κ2) is 9.34. The van der Waals surface area contributed by atoms with E-state index in [2.05, 4.69) is 5.32 Å². The summed E-state index contributed by atoms with van der Waals surface area (Å²) in [5.74, 6) is -1.08. The van der Waals surface area contributed by atoms with E-state index in [1.165, 1.54) is 0 Å². The molecule has 0 aliphatic rings. The molecule has 0 saturated carbocycles. The van der Waals surface area contributed by atoms with Crippen LogP contribution >= 0.6 is 7.60 Å². The highest BCUT2D eigenvalue weighted by molar-refractivity contribution is 7.54. The first kappa shape index (κ1) is 21.6.